The Morgan fingerprint density at radius 2 is 1.85 bits per heavy atom. The second-order valence-corrected chi connectivity index (χ2v) is 9.25. The number of ether oxygens (including phenoxy) is 3. The molecule has 6 aromatic rings. The molecule has 40 heavy (non-hydrogen) atoms. The van der Waals surface area contributed by atoms with Gasteiger partial charge < -0.3 is 18.6 Å². The third-order valence-corrected chi connectivity index (χ3v) is 7.01. The van der Waals surface area contributed by atoms with E-state index < -0.39 is 16.5 Å². The van der Waals surface area contributed by atoms with E-state index in [1.807, 2.05) is 6.07 Å². The summed E-state index contributed by atoms with van der Waals surface area (Å²) in [7, 11) is 0. The predicted octanol–water partition coefficient (Wildman–Crippen LogP) is 4.82. The summed E-state index contributed by atoms with van der Waals surface area (Å²) in [6.07, 6.45) is 1.47. The normalized spacial score (nSPS) is 15.1. The molecule has 3 aromatic carbocycles. The first-order valence-electron chi connectivity index (χ1n) is 12.2. The zero-order chi connectivity index (χ0) is 27.0. The van der Waals surface area contributed by atoms with Gasteiger partial charge in [-0.2, -0.15) is 0 Å². The average Bonchev–Trinajstić information content (AvgIpc) is 3.63. The van der Waals surface area contributed by atoms with Crippen molar-refractivity contribution in [3.05, 3.63) is 110 Å². The van der Waals surface area contributed by atoms with Crippen molar-refractivity contribution in [3.63, 3.8) is 0 Å². The van der Waals surface area contributed by atoms with E-state index in [1.165, 1.54) is 23.0 Å². The minimum atomic E-state index is -0.843. The number of nitro groups is 1. The Hall–Kier alpha value is -5.78. The fraction of sp³-hybridized carbons (Fsp3) is 0.0714. The van der Waals surface area contributed by atoms with E-state index in [2.05, 4.69) is 10.1 Å². The zero-order valence-electron chi connectivity index (χ0n) is 20.3. The van der Waals surface area contributed by atoms with E-state index in [9.17, 15) is 14.9 Å². The van der Waals surface area contributed by atoms with Crippen LogP contribution in [-0.2, 0) is 0 Å². The van der Waals surface area contributed by atoms with Crippen LogP contribution in [0.5, 0.6) is 23.1 Å². The number of nitro benzene ring substituents is 1. The highest BCUT2D eigenvalue weighted by atomic mass is 16.7. The van der Waals surface area contributed by atoms with E-state index in [0.717, 1.165) is 0 Å². The van der Waals surface area contributed by atoms with Gasteiger partial charge >= 0.3 is 5.63 Å². The number of benzene rings is 3. The lowest BCUT2D eigenvalue weighted by atomic mass is 9.84. The standard InChI is InChI=1S/C28H15N5O7/c34-28-22-21(14-4-3-5-16(10-14)33(35)36)23-26-30-25(15-8-9-19-20(11-15)38-13-37-19)31-32(26)12-29-27(23)40-24(22)17-6-1-2-7-18(17)39-28/h1-12,21H,13H2. The minimum absolute atomic E-state index is 0.125. The second-order valence-electron chi connectivity index (χ2n) is 9.25. The van der Waals surface area contributed by atoms with Gasteiger partial charge in [0, 0.05) is 17.7 Å². The lowest BCUT2D eigenvalue weighted by molar-refractivity contribution is -0.384. The molecular weight excluding hydrogens is 518 g/mol. The van der Waals surface area contributed by atoms with Crippen molar-refractivity contribution < 1.29 is 23.6 Å². The predicted molar refractivity (Wildman–Crippen MR) is 139 cm³/mol. The van der Waals surface area contributed by atoms with Gasteiger partial charge in [-0.1, -0.05) is 24.3 Å². The van der Waals surface area contributed by atoms with Crippen LogP contribution >= 0.6 is 0 Å². The lowest BCUT2D eigenvalue weighted by Crippen LogP contribution is -2.22. The quantitative estimate of drug-likeness (QED) is 0.176. The molecule has 3 aromatic heterocycles. The van der Waals surface area contributed by atoms with Gasteiger partial charge in [0.15, 0.2) is 28.7 Å². The van der Waals surface area contributed by atoms with Crippen LogP contribution in [0.3, 0.4) is 0 Å². The van der Waals surface area contributed by atoms with Crippen molar-refractivity contribution in [2.75, 3.05) is 6.79 Å². The van der Waals surface area contributed by atoms with Crippen molar-refractivity contribution in [2.24, 2.45) is 0 Å². The molecule has 0 saturated carbocycles. The molecule has 0 saturated heterocycles. The molecule has 0 spiro atoms. The maximum Gasteiger partial charge on any atom is 0.344 e. The third-order valence-electron chi connectivity index (χ3n) is 7.01. The molecule has 0 bridgehead atoms. The topological polar surface area (TPSA) is 144 Å². The molecule has 8 rings (SSSR count). The third kappa shape index (κ3) is 3.19. The number of non-ortho nitro benzene ring substituents is 1. The Balaban J connectivity index is 1.41. The van der Waals surface area contributed by atoms with Crippen LogP contribution in [0.25, 0.3) is 28.0 Å². The second kappa shape index (κ2) is 8.11. The highest BCUT2D eigenvalue weighted by Crippen LogP contribution is 2.49. The van der Waals surface area contributed by atoms with Gasteiger partial charge in [0.1, 0.15) is 11.9 Å². The monoisotopic (exact) mass is 533 g/mol. The number of nitrogens with zero attached hydrogens (tertiary/aromatic N) is 5. The van der Waals surface area contributed by atoms with Crippen LogP contribution in [0.15, 0.2) is 82.3 Å². The maximum atomic E-state index is 13.5. The van der Waals surface area contributed by atoms with Crippen molar-refractivity contribution in [3.8, 4) is 34.5 Å². The van der Waals surface area contributed by atoms with Crippen molar-refractivity contribution in [1.29, 1.82) is 0 Å². The van der Waals surface area contributed by atoms with E-state index in [-0.39, 0.29) is 29.7 Å². The van der Waals surface area contributed by atoms with Gasteiger partial charge in [-0.3, -0.25) is 10.1 Å². The SMILES string of the molecule is O=c1oc2ccccc2c2c1C(c1cccc([N+](=O)[O-])c1)c1c(ncn3nc(-c4ccc5c(c4)OCO5)nc13)O2. The van der Waals surface area contributed by atoms with Crippen LogP contribution in [-0.4, -0.2) is 31.3 Å². The molecule has 1 atom stereocenters. The molecule has 5 heterocycles. The van der Waals surface area contributed by atoms with Gasteiger partial charge in [0.25, 0.3) is 5.69 Å². The van der Waals surface area contributed by atoms with Crippen molar-refractivity contribution >= 4 is 22.3 Å². The Kier molecular flexibility index (Phi) is 4.50. The Morgan fingerprint density at radius 1 is 0.975 bits per heavy atom. The Labute approximate surface area is 223 Å². The summed E-state index contributed by atoms with van der Waals surface area (Å²) in [5, 5.41) is 16.8. The van der Waals surface area contributed by atoms with Gasteiger partial charge in [-0.05, 0) is 35.9 Å². The molecule has 2 aliphatic heterocycles. The molecule has 0 amide bonds. The molecular formula is C28H15N5O7. The minimum Gasteiger partial charge on any atom is -0.454 e. The summed E-state index contributed by atoms with van der Waals surface area (Å²) in [4.78, 5) is 34.0. The molecule has 0 N–H and O–H groups in total. The van der Waals surface area contributed by atoms with E-state index in [4.69, 9.17) is 23.6 Å². The largest absolute Gasteiger partial charge is 0.454 e. The number of aromatic nitrogens is 4. The van der Waals surface area contributed by atoms with Crippen LogP contribution in [0.1, 0.15) is 22.6 Å². The summed E-state index contributed by atoms with van der Waals surface area (Å²) >= 11 is 0. The molecule has 0 aliphatic carbocycles. The highest BCUT2D eigenvalue weighted by molar-refractivity contribution is 5.87. The van der Waals surface area contributed by atoms with Crippen LogP contribution in [0.2, 0.25) is 0 Å². The van der Waals surface area contributed by atoms with Crippen molar-refractivity contribution in [2.45, 2.75) is 5.92 Å². The fourth-order valence-corrected chi connectivity index (χ4v) is 5.24. The first-order chi connectivity index (χ1) is 19.5. The summed E-state index contributed by atoms with van der Waals surface area (Å²) in [5.41, 5.74) is 1.73. The molecule has 12 nitrogen and oxygen atoms in total. The molecule has 194 valence electrons. The first-order valence-corrected chi connectivity index (χ1v) is 12.2. The summed E-state index contributed by atoms with van der Waals surface area (Å²) in [5.74, 6) is 1.22. The van der Waals surface area contributed by atoms with Crippen LogP contribution in [0, 0.1) is 10.1 Å². The van der Waals surface area contributed by atoms with Gasteiger partial charge in [0.05, 0.1) is 27.4 Å². The van der Waals surface area contributed by atoms with Crippen molar-refractivity contribution in [1.82, 2.24) is 19.6 Å². The van der Waals surface area contributed by atoms with E-state index >= 15 is 0 Å². The van der Waals surface area contributed by atoms with E-state index in [1.54, 1.807) is 48.5 Å². The van der Waals surface area contributed by atoms with Crippen LogP contribution in [0.4, 0.5) is 5.69 Å². The summed E-state index contributed by atoms with van der Waals surface area (Å²) < 4.78 is 24.3. The number of hydrogen-bond donors (Lipinski definition) is 0. The number of hydrogen-bond acceptors (Lipinski definition) is 10. The highest BCUT2D eigenvalue weighted by Gasteiger charge is 2.38. The fourth-order valence-electron chi connectivity index (χ4n) is 5.24. The first kappa shape index (κ1) is 22.2. The Bertz CT molecular complexity index is 2100. The summed E-state index contributed by atoms with van der Waals surface area (Å²) in [6.45, 7) is 0.133. The molecule has 2 aliphatic rings. The smallest absolute Gasteiger partial charge is 0.344 e. The summed E-state index contributed by atoms with van der Waals surface area (Å²) in [6, 6.07) is 18.5. The van der Waals surface area contributed by atoms with Crippen LogP contribution < -0.4 is 19.8 Å². The zero-order valence-corrected chi connectivity index (χ0v) is 20.3. The molecule has 1 unspecified atom stereocenters. The van der Waals surface area contributed by atoms with Gasteiger partial charge in [0.2, 0.25) is 12.7 Å². The maximum absolute atomic E-state index is 13.5. The Morgan fingerprint density at radius 3 is 2.75 bits per heavy atom. The van der Waals surface area contributed by atoms with Gasteiger partial charge in [-0.15, -0.1) is 5.10 Å². The van der Waals surface area contributed by atoms with Gasteiger partial charge in [-0.25, -0.2) is 19.3 Å². The number of para-hydroxylation sites is 1. The molecule has 0 fully saturated rings. The molecule has 0 radical (unpaired) electrons. The molecule has 12 heteroatoms. The average molecular weight is 533 g/mol. The number of fused-ring (bicyclic) bond motifs is 7. The van der Waals surface area contributed by atoms with E-state index in [0.29, 0.717) is 50.6 Å². The lowest BCUT2D eigenvalue weighted by Gasteiger charge is -2.27. The number of rotatable bonds is 3.